The first kappa shape index (κ1) is 17.7. The molecule has 1 amide bonds. The maximum Gasteiger partial charge on any atom is 0.407 e. The lowest BCUT2D eigenvalue weighted by Gasteiger charge is -2.35. The molecule has 0 fully saturated rings. The van der Waals surface area contributed by atoms with Crippen LogP contribution < -0.4 is 11.1 Å². The van der Waals surface area contributed by atoms with Crippen molar-refractivity contribution in [1.29, 1.82) is 0 Å². The van der Waals surface area contributed by atoms with Crippen molar-refractivity contribution in [1.82, 2.24) is 5.32 Å². The largest absolute Gasteiger partial charge is 0.468 e. The molecule has 0 spiro atoms. The van der Waals surface area contributed by atoms with Crippen molar-refractivity contribution in [3.63, 3.8) is 0 Å². The maximum absolute atomic E-state index is 11.8. The van der Waals surface area contributed by atoms with E-state index in [2.05, 4.69) is 10.1 Å². The summed E-state index contributed by atoms with van der Waals surface area (Å²) < 4.78 is 9.78. The number of nitrogens with one attached hydrogen (secondary N) is 1. The first-order valence-electron chi connectivity index (χ1n) is 6.21. The molecule has 0 saturated carbocycles. The first-order valence-corrected chi connectivity index (χ1v) is 6.21. The molecule has 19 heavy (non-hydrogen) atoms. The molecule has 0 aromatic rings. The molecule has 3 N–H and O–H groups in total. The van der Waals surface area contributed by atoms with Crippen LogP contribution in [-0.2, 0) is 14.3 Å². The fraction of sp³-hybridized carbons (Fsp3) is 0.846. The molecule has 6 nitrogen and oxygen atoms in total. The summed E-state index contributed by atoms with van der Waals surface area (Å²) in [6.45, 7) is 10.9. The molecule has 2 atom stereocenters. The molecule has 0 aliphatic heterocycles. The lowest BCUT2D eigenvalue weighted by Crippen LogP contribution is -2.58. The average Bonchev–Trinajstić information content (AvgIpc) is 2.19. The Balaban J connectivity index is 4.90. The zero-order valence-electron chi connectivity index (χ0n) is 12.9. The third-order valence-electron chi connectivity index (χ3n) is 2.44. The van der Waals surface area contributed by atoms with E-state index in [1.54, 1.807) is 20.8 Å². The van der Waals surface area contributed by atoms with Gasteiger partial charge in [0, 0.05) is 0 Å². The Labute approximate surface area is 115 Å². The Hall–Kier alpha value is -1.30. The van der Waals surface area contributed by atoms with E-state index < -0.39 is 35.2 Å². The van der Waals surface area contributed by atoms with Crippen LogP contribution in [0, 0.1) is 5.41 Å². The summed E-state index contributed by atoms with van der Waals surface area (Å²) in [6, 6.07) is -1.53. The Morgan fingerprint density at radius 2 is 1.58 bits per heavy atom. The van der Waals surface area contributed by atoms with Crippen molar-refractivity contribution >= 4 is 12.1 Å². The second kappa shape index (κ2) is 6.23. The highest BCUT2D eigenvalue weighted by Gasteiger charge is 2.37. The number of carbonyl (C=O) groups is 2. The van der Waals surface area contributed by atoms with Crippen molar-refractivity contribution in [3.05, 3.63) is 0 Å². The fourth-order valence-electron chi connectivity index (χ4n) is 1.55. The molecule has 0 heterocycles. The Morgan fingerprint density at radius 1 is 1.11 bits per heavy atom. The molecule has 0 saturated heterocycles. The second-order valence-electron chi connectivity index (χ2n) is 6.54. The topological polar surface area (TPSA) is 90.6 Å². The Kier molecular flexibility index (Phi) is 5.81. The summed E-state index contributed by atoms with van der Waals surface area (Å²) in [4.78, 5) is 23.3. The minimum absolute atomic E-state index is 0.412. The van der Waals surface area contributed by atoms with Crippen LogP contribution in [0.2, 0.25) is 0 Å². The number of alkyl carbamates (subject to hydrolysis) is 1. The fourth-order valence-corrected chi connectivity index (χ4v) is 1.55. The number of hydrogen-bond donors (Lipinski definition) is 2. The van der Waals surface area contributed by atoms with E-state index in [1.165, 1.54) is 7.11 Å². The molecule has 2 unspecified atom stereocenters. The van der Waals surface area contributed by atoms with Gasteiger partial charge in [-0.05, 0) is 26.2 Å². The van der Waals surface area contributed by atoms with Crippen LogP contribution in [0.15, 0.2) is 0 Å². The standard InChI is InChI=1S/C13H26N2O4/c1-12(2,3)9(8(14)10(16)18-7)15-11(17)19-13(4,5)6/h8-9H,14H2,1-7H3,(H,15,17). The molecule has 0 aromatic heterocycles. The van der Waals surface area contributed by atoms with Gasteiger partial charge in [0.25, 0.3) is 0 Å². The minimum Gasteiger partial charge on any atom is -0.468 e. The smallest absolute Gasteiger partial charge is 0.407 e. The van der Waals surface area contributed by atoms with Crippen LogP contribution in [0.5, 0.6) is 0 Å². The molecule has 0 aromatic carbocycles. The predicted molar refractivity (Wildman–Crippen MR) is 72.6 cm³/mol. The maximum atomic E-state index is 11.8. The lowest BCUT2D eigenvalue weighted by molar-refractivity contribution is -0.143. The van der Waals surface area contributed by atoms with E-state index in [1.807, 2.05) is 20.8 Å². The highest BCUT2D eigenvalue weighted by atomic mass is 16.6. The minimum atomic E-state index is -0.947. The molecular formula is C13H26N2O4. The van der Waals surface area contributed by atoms with Crippen LogP contribution in [0.25, 0.3) is 0 Å². The second-order valence-corrected chi connectivity index (χ2v) is 6.54. The Morgan fingerprint density at radius 3 is 1.89 bits per heavy atom. The highest BCUT2D eigenvalue weighted by molar-refractivity contribution is 5.78. The number of methoxy groups -OCH3 is 1. The zero-order valence-corrected chi connectivity index (χ0v) is 12.9. The van der Waals surface area contributed by atoms with E-state index in [0.717, 1.165) is 0 Å². The number of hydrogen-bond acceptors (Lipinski definition) is 5. The zero-order chi connectivity index (χ0) is 15.4. The number of nitrogens with two attached hydrogens (primary N) is 1. The summed E-state index contributed by atoms with van der Waals surface area (Å²) in [5, 5.41) is 2.64. The first-order chi connectivity index (χ1) is 8.38. The van der Waals surface area contributed by atoms with Gasteiger partial charge in [0.15, 0.2) is 0 Å². The molecule has 0 aliphatic rings. The van der Waals surface area contributed by atoms with E-state index in [4.69, 9.17) is 10.5 Å². The van der Waals surface area contributed by atoms with Crippen LogP contribution in [0.4, 0.5) is 4.79 Å². The number of ether oxygens (including phenoxy) is 2. The van der Waals surface area contributed by atoms with E-state index >= 15 is 0 Å². The SMILES string of the molecule is COC(=O)C(N)C(NC(=O)OC(C)(C)C)C(C)(C)C. The Bertz CT molecular complexity index is 329. The van der Waals surface area contributed by atoms with Gasteiger partial charge in [0.1, 0.15) is 11.6 Å². The molecule has 0 radical (unpaired) electrons. The number of amides is 1. The summed E-state index contributed by atoms with van der Waals surface area (Å²) in [7, 11) is 1.26. The van der Waals surface area contributed by atoms with Gasteiger partial charge in [0.05, 0.1) is 13.2 Å². The average molecular weight is 274 g/mol. The summed E-state index contributed by atoms with van der Waals surface area (Å²) in [6.07, 6.45) is -0.605. The van der Waals surface area contributed by atoms with Gasteiger partial charge < -0.3 is 20.5 Å². The van der Waals surface area contributed by atoms with Gasteiger partial charge in [0.2, 0.25) is 0 Å². The molecule has 112 valence electrons. The number of esters is 1. The lowest BCUT2D eigenvalue weighted by atomic mass is 9.82. The van der Waals surface area contributed by atoms with Gasteiger partial charge in [-0.15, -0.1) is 0 Å². The highest BCUT2D eigenvalue weighted by Crippen LogP contribution is 2.22. The third-order valence-corrected chi connectivity index (χ3v) is 2.44. The predicted octanol–water partition coefficient (Wildman–Crippen LogP) is 1.43. The molecule has 0 bridgehead atoms. The van der Waals surface area contributed by atoms with Crippen molar-refractivity contribution in [2.24, 2.45) is 11.1 Å². The molecule has 6 heteroatoms. The van der Waals surface area contributed by atoms with Crippen molar-refractivity contribution in [2.45, 2.75) is 59.2 Å². The summed E-state index contributed by atoms with van der Waals surface area (Å²) in [5.41, 5.74) is 4.80. The molecule has 0 aliphatic carbocycles. The monoisotopic (exact) mass is 274 g/mol. The van der Waals surface area contributed by atoms with Gasteiger partial charge >= 0.3 is 12.1 Å². The van der Waals surface area contributed by atoms with Crippen LogP contribution in [0.3, 0.4) is 0 Å². The number of carbonyl (C=O) groups excluding carboxylic acids is 2. The van der Waals surface area contributed by atoms with Crippen LogP contribution in [-0.4, -0.2) is 36.9 Å². The molecular weight excluding hydrogens is 248 g/mol. The van der Waals surface area contributed by atoms with Gasteiger partial charge in [-0.1, -0.05) is 20.8 Å². The van der Waals surface area contributed by atoms with Gasteiger partial charge in [-0.2, -0.15) is 0 Å². The number of rotatable bonds is 3. The summed E-state index contributed by atoms with van der Waals surface area (Å²) in [5.74, 6) is -0.573. The van der Waals surface area contributed by atoms with E-state index in [0.29, 0.717) is 0 Å². The molecule has 0 rings (SSSR count). The van der Waals surface area contributed by atoms with E-state index in [-0.39, 0.29) is 0 Å². The summed E-state index contributed by atoms with van der Waals surface area (Å²) >= 11 is 0. The van der Waals surface area contributed by atoms with Crippen molar-refractivity contribution < 1.29 is 19.1 Å². The van der Waals surface area contributed by atoms with Crippen molar-refractivity contribution in [2.75, 3.05) is 7.11 Å². The van der Waals surface area contributed by atoms with E-state index in [9.17, 15) is 9.59 Å². The quantitative estimate of drug-likeness (QED) is 0.760. The van der Waals surface area contributed by atoms with Gasteiger partial charge in [-0.25, -0.2) is 4.79 Å². The van der Waals surface area contributed by atoms with Crippen molar-refractivity contribution in [3.8, 4) is 0 Å². The normalized spacial score (nSPS) is 15.4. The van der Waals surface area contributed by atoms with Crippen LogP contribution in [0.1, 0.15) is 41.5 Å². The third kappa shape index (κ3) is 6.42. The van der Waals surface area contributed by atoms with Gasteiger partial charge in [-0.3, -0.25) is 4.79 Å². The van der Waals surface area contributed by atoms with Crippen LogP contribution >= 0.6 is 0 Å².